The number of hydrogen-bond donors (Lipinski definition) is 2. The minimum Gasteiger partial charge on any atom is -0.444 e. The van der Waals surface area contributed by atoms with Crippen molar-refractivity contribution in [1.82, 2.24) is 14.7 Å². The van der Waals surface area contributed by atoms with Gasteiger partial charge >= 0.3 is 13.2 Å². The number of rotatable bonds is 7. The van der Waals surface area contributed by atoms with E-state index in [2.05, 4.69) is 24.7 Å². The largest absolute Gasteiger partial charge is 0.507 e. The predicted molar refractivity (Wildman–Crippen MR) is 116 cm³/mol. The van der Waals surface area contributed by atoms with Gasteiger partial charge < -0.3 is 24.4 Å². The number of amides is 1. The van der Waals surface area contributed by atoms with Gasteiger partial charge in [-0.15, -0.1) is 0 Å². The van der Waals surface area contributed by atoms with Crippen LogP contribution in [0.3, 0.4) is 0 Å². The predicted octanol–water partition coefficient (Wildman–Crippen LogP) is 1.99. The van der Waals surface area contributed by atoms with Crippen molar-refractivity contribution in [3.63, 3.8) is 0 Å². The molecule has 2 rings (SSSR count). The van der Waals surface area contributed by atoms with Crippen LogP contribution in [0.2, 0.25) is 25.7 Å². The Kier molecular flexibility index (Phi) is 7.94. The molecule has 0 radical (unpaired) electrons. The Labute approximate surface area is 175 Å². The summed E-state index contributed by atoms with van der Waals surface area (Å²) < 4.78 is 12.7. The zero-order chi connectivity index (χ0) is 21.8. The summed E-state index contributed by atoms with van der Waals surface area (Å²) in [5.41, 5.74) is 0.641. The maximum absolute atomic E-state index is 12.2. The average molecular weight is 425 g/mol. The Morgan fingerprint density at radius 3 is 2.41 bits per heavy atom. The molecule has 1 aliphatic rings. The van der Waals surface area contributed by atoms with E-state index in [1.807, 2.05) is 20.8 Å². The van der Waals surface area contributed by atoms with Crippen molar-refractivity contribution in [3.05, 3.63) is 11.8 Å². The Hall–Kier alpha value is -1.36. The maximum Gasteiger partial charge on any atom is 0.507 e. The highest BCUT2D eigenvalue weighted by Gasteiger charge is 2.30. The number of aromatic nitrogens is 2. The van der Waals surface area contributed by atoms with Gasteiger partial charge in [0, 0.05) is 33.7 Å². The first kappa shape index (κ1) is 23.9. The van der Waals surface area contributed by atoms with Gasteiger partial charge in [0.1, 0.15) is 12.3 Å². The molecule has 1 fully saturated rings. The van der Waals surface area contributed by atoms with Crippen LogP contribution in [-0.2, 0) is 16.2 Å². The second-order valence-corrected chi connectivity index (χ2v) is 15.6. The fourth-order valence-corrected chi connectivity index (χ4v) is 3.93. The lowest BCUT2D eigenvalue weighted by atomic mass is 9.84. The zero-order valence-corrected chi connectivity index (χ0v) is 19.6. The van der Waals surface area contributed by atoms with Crippen LogP contribution in [0.15, 0.2) is 6.07 Å². The molecule has 1 saturated heterocycles. The number of carbonyl (C=O) groups excluding carboxylic acids is 1. The molecule has 0 spiro atoms. The van der Waals surface area contributed by atoms with Gasteiger partial charge in [-0.1, -0.05) is 19.6 Å². The summed E-state index contributed by atoms with van der Waals surface area (Å²) in [5.74, 6) is 0.161. The second-order valence-electron chi connectivity index (χ2n) is 9.96. The van der Waals surface area contributed by atoms with Crippen LogP contribution < -0.4 is 5.59 Å². The normalized spacial score (nSPS) is 16.2. The van der Waals surface area contributed by atoms with E-state index in [1.165, 1.54) is 4.68 Å². The molecule has 1 aliphatic heterocycles. The fraction of sp³-hybridized carbons (Fsp3) is 0.789. The second kappa shape index (κ2) is 9.63. The molecule has 0 aliphatic carbocycles. The quantitative estimate of drug-likeness (QED) is 0.512. The third kappa shape index (κ3) is 7.77. The fourth-order valence-electron chi connectivity index (χ4n) is 3.18. The molecule has 0 aromatic carbocycles. The molecular weight excluding hydrogens is 389 g/mol. The standard InChI is InChI=1S/C19H36BN3O5Si/c1-19(2,3)28-18(24)22-9-7-15(8-10-22)16-13-17(20(25)26)23(21-16)14-27-11-12-29(4,5)6/h13,15,25-26H,7-12,14H2,1-6H3. The van der Waals surface area contributed by atoms with Crippen LogP contribution in [0.1, 0.15) is 45.2 Å². The van der Waals surface area contributed by atoms with Gasteiger partial charge in [0.2, 0.25) is 0 Å². The topological polar surface area (TPSA) is 97.1 Å². The molecule has 0 atom stereocenters. The summed E-state index contributed by atoms with van der Waals surface area (Å²) in [7, 11) is -2.78. The van der Waals surface area contributed by atoms with E-state index in [-0.39, 0.29) is 18.7 Å². The summed E-state index contributed by atoms with van der Waals surface area (Å²) in [6, 6.07) is 2.78. The number of carbonyl (C=O) groups is 1. The van der Waals surface area contributed by atoms with Gasteiger partial charge in [-0.3, -0.25) is 0 Å². The molecular formula is C19H36BN3O5Si. The maximum atomic E-state index is 12.2. The van der Waals surface area contributed by atoms with Crippen LogP contribution in [0.25, 0.3) is 0 Å². The SMILES string of the molecule is CC(C)(C)OC(=O)N1CCC(c2cc(B(O)O)n(COCC[Si](C)(C)C)n2)CC1. The minimum atomic E-state index is -1.60. The number of ether oxygens (including phenoxy) is 2. The van der Waals surface area contributed by atoms with Crippen molar-refractivity contribution in [3.8, 4) is 0 Å². The van der Waals surface area contributed by atoms with Gasteiger partial charge in [0.15, 0.2) is 0 Å². The molecule has 164 valence electrons. The van der Waals surface area contributed by atoms with Crippen LogP contribution in [-0.4, -0.2) is 71.3 Å². The van der Waals surface area contributed by atoms with Crippen LogP contribution in [0.5, 0.6) is 0 Å². The van der Waals surface area contributed by atoms with E-state index < -0.39 is 20.8 Å². The van der Waals surface area contributed by atoms with Gasteiger partial charge in [-0.2, -0.15) is 5.10 Å². The average Bonchev–Trinajstić information content (AvgIpc) is 3.01. The lowest BCUT2D eigenvalue weighted by Gasteiger charge is -2.32. The van der Waals surface area contributed by atoms with Crippen molar-refractivity contribution in [2.45, 2.75) is 77.5 Å². The first-order valence-electron chi connectivity index (χ1n) is 10.4. The van der Waals surface area contributed by atoms with Gasteiger partial charge in [0.25, 0.3) is 0 Å². The highest BCUT2D eigenvalue weighted by atomic mass is 28.3. The minimum absolute atomic E-state index is 0.161. The van der Waals surface area contributed by atoms with E-state index in [0.29, 0.717) is 25.3 Å². The molecule has 1 aromatic heterocycles. The summed E-state index contributed by atoms with van der Waals surface area (Å²) >= 11 is 0. The van der Waals surface area contributed by atoms with E-state index in [1.54, 1.807) is 11.0 Å². The van der Waals surface area contributed by atoms with E-state index in [9.17, 15) is 14.8 Å². The number of likely N-dealkylation sites (tertiary alicyclic amines) is 1. The summed E-state index contributed by atoms with van der Waals surface area (Å²) in [6.45, 7) is 14.5. The first-order chi connectivity index (χ1) is 13.4. The highest BCUT2D eigenvalue weighted by Crippen LogP contribution is 2.27. The highest BCUT2D eigenvalue weighted by molar-refractivity contribution is 6.76. The van der Waals surface area contributed by atoms with Gasteiger partial charge in [-0.05, 0) is 45.7 Å². The summed E-state index contributed by atoms with van der Waals surface area (Å²) in [4.78, 5) is 13.9. The number of nitrogens with zero attached hydrogens (tertiary/aromatic N) is 3. The summed E-state index contributed by atoms with van der Waals surface area (Å²) in [6.07, 6.45) is 1.23. The number of piperidine rings is 1. The summed E-state index contributed by atoms with van der Waals surface area (Å²) in [5, 5.41) is 24.0. The van der Waals surface area contributed by atoms with Crippen molar-refractivity contribution in [2.75, 3.05) is 19.7 Å². The van der Waals surface area contributed by atoms with Crippen LogP contribution >= 0.6 is 0 Å². The third-order valence-electron chi connectivity index (χ3n) is 4.87. The Morgan fingerprint density at radius 2 is 1.90 bits per heavy atom. The van der Waals surface area contributed by atoms with Crippen molar-refractivity contribution in [1.29, 1.82) is 0 Å². The Bertz CT molecular complexity index is 676. The van der Waals surface area contributed by atoms with E-state index >= 15 is 0 Å². The molecule has 8 nitrogen and oxygen atoms in total. The Balaban J connectivity index is 1.95. The molecule has 0 unspecified atom stereocenters. The first-order valence-corrected chi connectivity index (χ1v) is 14.1. The van der Waals surface area contributed by atoms with Crippen molar-refractivity contribution in [2.24, 2.45) is 0 Å². The smallest absolute Gasteiger partial charge is 0.444 e. The molecule has 0 saturated carbocycles. The van der Waals surface area contributed by atoms with Gasteiger partial charge in [0.05, 0.1) is 11.3 Å². The number of hydrogen-bond acceptors (Lipinski definition) is 6. The molecule has 1 aromatic rings. The molecule has 2 N–H and O–H groups in total. The zero-order valence-electron chi connectivity index (χ0n) is 18.6. The molecule has 0 bridgehead atoms. The van der Waals surface area contributed by atoms with Crippen LogP contribution in [0.4, 0.5) is 4.79 Å². The van der Waals surface area contributed by atoms with Gasteiger partial charge in [-0.25, -0.2) is 9.48 Å². The third-order valence-corrected chi connectivity index (χ3v) is 6.57. The molecule has 2 heterocycles. The van der Waals surface area contributed by atoms with Crippen molar-refractivity contribution >= 4 is 26.9 Å². The lowest BCUT2D eigenvalue weighted by Crippen LogP contribution is -2.41. The molecule has 29 heavy (non-hydrogen) atoms. The lowest BCUT2D eigenvalue weighted by molar-refractivity contribution is 0.0203. The van der Waals surface area contributed by atoms with Crippen LogP contribution in [0, 0.1) is 0 Å². The van der Waals surface area contributed by atoms with E-state index in [4.69, 9.17) is 9.47 Å². The van der Waals surface area contributed by atoms with Crippen molar-refractivity contribution < 1.29 is 24.3 Å². The Morgan fingerprint density at radius 1 is 1.28 bits per heavy atom. The molecule has 10 heteroatoms. The molecule has 1 amide bonds. The monoisotopic (exact) mass is 425 g/mol. The van der Waals surface area contributed by atoms with E-state index in [0.717, 1.165) is 24.6 Å².